The van der Waals surface area contributed by atoms with Gasteiger partial charge in [-0.3, -0.25) is 19.4 Å². The second kappa shape index (κ2) is 13.4. The van der Waals surface area contributed by atoms with Crippen LogP contribution in [-0.2, 0) is 22.6 Å². The number of urea groups is 1. The lowest BCUT2D eigenvalue weighted by Crippen LogP contribution is -2.66. The molecule has 0 saturated carbocycles. The highest BCUT2D eigenvalue weighted by molar-refractivity contribution is 7.22. The largest absolute Gasteiger partial charge is 0.375 e. The van der Waals surface area contributed by atoms with Gasteiger partial charge in [0.05, 0.1) is 23.3 Å². The van der Waals surface area contributed by atoms with Crippen LogP contribution in [0.3, 0.4) is 0 Å². The minimum atomic E-state index is -0.819. The Morgan fingerprint density at radius 3 is 2.50 bits per heavy atom. The lowest BCUT2D eigenvalue weighted by molar-refractivity contribution is -0.158. The fourth-order valence-electron chi connectivity index (χ4n) is 7.05. The number of benzene rings is 4. The van der Waals surface area contributed by atoms with E-state index in [9.17, 15) is 19.2 Å². The van der Waals surface area contributed by atoms with Gasteiger partial charge in [0.15, 0.2) is 5.13 Å². The third kappa shape index (κ3) is 6.09. The molecular weight excluding hydrogens is 653 g/mol. The summed E-state index contributed by atoms with van der Waals surface area (Å²) < 4.78 is 0.929. The quantitative estimate of drug-likeness (QED) is 0.215. The summed E-state index contributed by atoms with van der Waals surface area (Å²) in [5.41, 5.74) is 9.64. The van der Waals surface area contributed by atoms with Crippen molar-refractivity contribution in [2.75, 3.05) is 31.2 Å². The van der Waals surface area contributed by atoms with Crippen LogP contribution in [0, 0.1) is 0 Å². The van der Waals surface area contributed by atoms with Crippen LogP contribution in [0.4, 0.5) is 15.6 Å². The standard InChI is InChI=1S/C37H38N8O4S/c1-22(2)45(37(49)39-3)43-21-32(46)44-29(35(48)42(20-31(43)44)19-25-10-7-13-30-33(25)41-36(38)50-30)18-23-14-16-26(17-15-23)40-34(47)28-12-6-9-24-8-4-5-11-27(24)28/h4-17,22,29,31H,18-21H2,1-3H3,(H2,38,41)(H,39,49)(H,40,47)/t29-,31+/m0/s1. The van der Waals surface area contributed by atoms with Crippen LogP contribution in [0.1, 0.15) is 35.3 Å². The maximum atomic E-state index is 14.4. The highest BCUT2D eigenvalue weighted by Crippen LogP contribution is 2.33. The molecule has 2 aliphatic heterocycles. The van der Waals surface area contributed by atoms with E-state index in [4.69, 9.17) is 5.73 Å². The number of nitrogens with zero attached hydrogens (tertiary/aromatic N) is 5. The van der Waals surface area contributed by atoms with E-state index >= 15 is 0 Å². The zero-order chi connectivity index (χ0) is 35.1. The molecule has 7 rings (SSSR count). The van der Waals surface area contributed by atoms with Gasteiger partial charge in [0, 0.05) is 37.3 Å². The summed E-state index contributed by atoms with van der Waals surface area (Å²) in [5.74, 6) is -0.641. The summed E-state index contributed by atoms with van der Waals surface area (Å²) >= 11 is 1.39. The van der Waals surface area contributed by atoms with Gasteiger partial charge in [-0.25, -0.2) is 9.78 Å². The smallest absolute Gasteiger partial charge is 0.331 e. The molecule has 0 aliphatic carbocycles. The lowest BCUT2D eigenvalue weighted by Gasteiger charge is -2.47. The Morgan fingerprint density at radius 1 is 1.00 bits per heavy atom. The van der Waals surface area contributed by atoms with Gasteiger partial charge in [-0.1, -0.05) is 72.0 Å². The summed E-state index contributed by atoms with van der Waals surface area (Å²) in [6, 6.07) is 25.1. The molecule has 12 nitrogen and oxygen atoms in total. The van der Waals surface area contributed by atoms with Crippen molar-refractivity contribution in [2.24, 2.45) is 0 Å². The number of carbonyl (C=O) groups is 4. The second-order valence-electron chi connectivity index (χ2n) is 12.8. The summed E-state index contributed by atoms with van der Waals surface area (Å²) in [6.07, 6.45) is -0.317. The molecule has 2 aliphatic rings. The average Bonchev–Trinajstić information content (AvgIpc) is 3.65. The first-order valence-electron chi connectivity index (χ1n) is 16.5. The number of hydrogen-bond donors (Lipinski definition) is 3. The molecule has 5 aromatic rings. The van der Waals surface area contributed by atoms with Gasteiger partial charge in [-0.05, 0) is 60.0 Å². The third-order valence-corrected chi connectivity index (χ3v) is 10.2. The number of thiazole rings is 1. The average molecular weight is 691 g/mol. The van der Waals surface area contributed by atoms with Crippen LogP contribution in [0.2, 0.25) is 0 Å². The maximum Gasteiger partial charge on any atom is 0.331 e. The summed E-state index contributed by atoms with van der Waals surface area (Å²) in [7, 11) is 1.56. The molecular formula is C37H38N8O4S. The predicted molar refractivity (Wildman–Crippen MR) is 194 cm³/mol. The van der Waals surface area contributed by atoms with Crippen LogP contribution in [0.15, 0.2) is 84.9 Å². The molecule has 0 spiro atoms. The van der Waals surface area contributed by atoms with Gasteiger partial charge >= 0.3 is 6.03 Å². The SMILES string of the molecule is CNC(=O)N(C(C)C)N1CC(=O)N2[C@@H](Cc3ccc(NC(=O)c4cccc5ccccc45)cc3)C(=O)N(Cc3cccc4sc(N)nc34)C[C@@H]21. The molecule has 4 aromatic carbocycles. The number of nitrogen functional groups attached to an aromatic ring is 1. The molecule has 2 atom stereocenters. The van der Waals surface area contributed by atoms with Crippen LogP contribution in [0.5, 0.6) is 0 Å². The number of piperazine rings is 1. The lowest BCUT2D eigenvalue weighted by atomic mass is 9.99. The van der Waals surface area contributed by atoms with Gasteiger partial charge in [0.1, 0.15) is 12.2 Å². The number of nitrogens with two attached hydrogens (primary N) is 1. The van der Waals surface area contributed by atoms with E-state index < -0.39 is 12.2 Å². The first-order valence-corrected chi connectivity index (χ1v) is 17.3. The zero-order valence-electron chi connectivity index (χ0n) is 28.0. The van der Waals surface area contributed by atoms with E-state index in [1.807, 2.05) is 80.6 Å². The Balaban J connectivity index is 1.17. The number of amides is 5. The Bertz CT molecular complexity index is 2110. The number of hydrazine groups is 1. The molecule has 3 heterocycles. The molecule has 50 heavy (non-hydrogen) atoms. The Labute approximate surface area is 293 Å². The van der Waals surface area contributed by atoms with Crippen molar-refractivity contribution >= 4 is 66.9 Å². The number of carbonyl (C=O) groups excluding carboxylic acids is 4. The fraction of sp³-hybridized carbons (Fsp3) is 0.270. The minimum Gasteiger partial charge on any atom is -0.375 e. The zero-order valence-corrected chi connectivity index (χ0v) is 28.8. The summed E-state index contributed by atoms with van der Waals surface area (Å²) in [6.45, 7) is 4.21. The number of para-hydroxylation sites is 1. The number of hydrogen-bond acceptors (Lipinski definition) is 8. The van der Waals surface area contributed by atoms with Gasteiger partial charge in [0.2, 0.25) is 11.8 Å². The van der Waals surface area contributed by atoms with E-state index in [0.717, 1.165) is 32.1 Å². The summed E-state index contributed by atoms with van der Waals surface area (Å²) in [5, 5.41) is 11.3. The number of fused-ring (bicyclic) bond motifs is 3. The van der Waals surface area contributed by atoms with Gasteiger partial charge in [0.25, 0.3) is 5.91 Å². The highest BCUT2D eigenvalue weighted by Gasteiger charge is 2.52. The number of aromatic nitrogens is 1. The van der Waals surface area contributed by atoms with E-state index in [1.165, 1.54) is 11.3 Å². The molecule has 5 amide bonds. The molecule has 0 radical (unpaired) electrons. The molecule has 0 unspecified atom stereocenters. The second-order valence-corrected chi connectivity index (χ2v) is 13.9. The van der Waals surface area contributed by atoms with E-state index in [-0.39, 0.29) is 55.8 Å². The molecule has 2 fully saturated rings. The third-order valence-electron chi connectivity index (χ3n) is 9.31. The van der Waals surface area contributed by atoms with Gasteiger partial charge in [-0.2, -0.15) is 5.01 Å². The van der Waals surface area contributed by atoms with Crippen molar-refractivity contribution in [1.29, 1.82) is 0 Å². The van der Waals surface area contributed by atoms with E-state index in [1.54, 1.807) is 45.1 Å². The van der Waals surface area contributed by atoms with Crippen LogP contribution < -0.4 is 16.4 Å². The molecule has 256 valence electrons. The van der Waals surface area contributed by atoms with Crippen LogP contribution in [-0.4, -0.2) is 86.9 Å². The van der Waals surface area contributed by atoms with Crippen LogP contribution >= 0.6 is 11.3 Å². The van der Waals surface area contributed by atoms with Crippen molar-refractivity contribution < 1.29 is 19.2 Å². The van der Waals surface area contributed by atoms with Crippen molar-refractivity contribution in [3.8, 4) is 0 Å². The van der Waals surface area contributed by atoms with Crippen molar-refractivity contribution in [3.05, 3.63) is 102 Å². The van der Waals surface area contributed by atoms with Gasteiger partial charge < -0.3 is 26.2 Å². The van der Waals surface area contributed by atoms with E-state index in [2.05, 4.69) is 15.6 Å². The first-order chi connectivity index (χ1) is 24.1. The maximum absolute atomic E-state index is 14.4. The highest BCUT2D eigenvalue weighted by atomic mass is 32.1. The Kier molecular flexibility index (Phi) is 8.85. The van der Waals surface area contributed by atoms with Crippen molar-refractivity contribution in [3.63, 3.8) is 0 Å². The van der Waals surface area contributed by atoms with Gasteiger partial charge in [-0.15, -0.1) is 0 Å². The van der Waals surface area contributed by atoms with E-state index in [0.29, 0.717) is 16.4 Å². The Hall–Kier alpha value is -5.53. The van der Waals surface area contributed by atoms with Crippen molar-refractivity contribution in [2.45, 2.75) is 45.1 Å². The Morgan fingerprint density at radius 2 is 1.74 bits per heavy atom. The first kappa shape index (κ1) is 33.0. The molecule has 1 aromatic heterocycles. The number of rotatable bonds is 8. The number of anilines is 2. The predicted octanol–water partition coefficient (Wildman–Crippen LogP) is 4.67. The fourth-order valence-corrected chi connectivity index (χ4v) is 7.83. The number of nitrogens with one attached hydrogen (secondary N) is 2. The van der Waals surface area contributed by atoms with Crippen molar-refractivity contribution in [1.82, 2.24) is 30.1 Å². The van der Waals surface area contributed by atoms with Crippen LogP contribution in [0.25, 0.3) is 21.0 Å². The molecule has 0 bridgehead atoms. The normalized spacial score (nSPS) is 17.8. The monoisotopic (exact) mass is 690 g/mol. The molecule has 4 N–H and O–H groups in total. The molecule has 13 heteroatoms. The minimum absolute atomic E-state index is 0.0365. The summed E-state index contributed by atoms with van der Waals surface area (Å²) in [4.78, 5) is 62.3. The topological polar surface area (TPSA) is 144 Å². The molecule has 2 saturated heterocycles.